The molecule has 0 unspecified atom stereocenters. The molecule has 94 valence electrons. The first-order chi connectivity index (χ1) is 8.26. The molecule has 0 saturated heterocycles. The quantitative estimate of drug-likeness (QED) is 0.822. The van der Waals surface area contributed by atoms with Gasteiger partial charge in [0.2, 0.25) is 0 Å². The maximum atomic E-state index is 5.45. The number of ether oxygens (including phenoxy) is 1. The fraction of sp³-hybridized carbons (Fsp3) is 0.429. The van der Waals surface area contributed by atoms with Crippen molar-refractivity contribution < 1.29 is 4.74 Å². The minimum atomic E-state index is 0.543. The highest BCUT2D eigenvalue weighted by atomic mass is 16.5. The fourth-order valence-electron chi connectivity index (χ4n) is 1.82. The minimum Gasteiger partial charge on any atom is -0.496 e. The van der Waals surface area contributed by atoms with Gasteiger partial charge in [0, 0.05) is 37.0 Å². The number of benzene rings is 1. The normalized spacial score (nSPS) is 10.8. The van der Waals surface area contributed by atoms with E-state index in [9.17, 15) is 0 Å². The minimum absolute atomic E-state index is 0.543. The third-order valence-electron chi connectivity index (χ3n) is 2.78. The van der Waals surface area contributed by atoms with E-state index in [0.29, 0.717) is 6.54 Å². The van der Waals surface area contributed by atoms with Crippen LogP contribution < -0.4 is 15.4 Å². The molecule has 0 atom stereocenters. The van der Waals surface area contributed by atoms with Gasteiger partial charge < -0.3 is 15.4 Å². The zero-order valence-corrected chi connectivity index (χ0v) is 10.9. The smallest absolute Gasteiger partial charge is 0.128 e. The van der Waals surface area contributed by atoms with Gasteiger partial charge >= 0.3 is 0 Å². The van der Waals surface area contributed by atoms with Gasteiger partial charge in [-0.15, -0.1) is 0 Å². The molecule has 1 rings (SSSR count). The van der Waals surface area contributed by atoms with Crippen LogP contribution in [0.25, 0.3) is 6.08 Å². The van der Waals surface area contributed by atoms with Crippen molar-refractivity contribution in [3.8, 4) is 5.75 Å². The first-order valence-electron chi connectivity index (χ1n) is 6.06. The molecule has 17 heavy (non-hydrogen) atoms. The standard InChI is InChI=1S/C14H22N2O/c1-4-16(5-2)13-9-8-12(7-6-10-15)14(11-13)17-3/h6-9,11H,4-5,10,15H2,1-3H3/b7-6+. The van der Waals surface area contributed by atoms with Crippen molar-refractivity contribution in [3.63, 3.8) is 0 Å². The van der Waals surface area contributed by atoms with Crippen molar-refractivity contribution >= 4 is 11.8 Å². The fourth-order valence-corrected chi connectivity index (χ4v) is 1.82. The van der Waals surface area contributed by atoms with Crippen LogP contribution in [0.3, 0.4) is 0 Å². The van der Waals surface area contributed by atoms with Crippen molar-refractivity contribution in [2.75, 3.05) is 31.6 Å². The summed E-state index contributed by atoms with van der Waals surface area (Å²) in [5, 5.41) is 0. The Balaban J connectivity index is 3.03. The Hall–Kier alpha value is -1.48. The highest BCUT2D eigenvalue weighted by Gasteiger charge is 2.05. The number of anilines is 1. The van der Waals surface area contributed by atoms with E-state index in [1.807, 2.05) is 12.2 Å². The zero-order valence-electron chi connectivity index (χ0n) is 10.9. The average molecular weight is 234 g/mol. The molecule has 0 amide bonds. The Morgan fingerprint density at radius 2 is 2.00 bits per heavy atom. The molecule has 3 heteroatoms. The Morgan fingerprint density at radius 1 is 1.29 bits per heavy atom. The summed E-state index contributed by atoms with van der Waals surface area (Å²) in [7, 11) is 1.70. The molecule has 0 heterocycles. The largest absolute Gasteiger partial charge is 0.496 e. The van der Waals surface area contributed by atoms with E-state index < -0.39 is 0 Å². The Morgan fingerprint density at radius 3 is 2.53 bits per heavy atom. The van der Waals surface area contributed by atoms with Crippen LogP contribution in [0.2, 0.25) is 0 Å². The van der Waals surface area contributed by atoms with E-state index in [-0.39, 0.29) is 0 Å². The zero-order chi connectivity index (χ0) is 12.7. The summed E-state index contributed by atoms with van der Waals surface area (Å²) < 4.78 is 5.40. The van der Waals surface area contributed by atoms with Gasteiger partial charge in [-0.25, -0.2) is 0 Å². The Bertz CT molecular complexity index is 370. The summed E-state index contributed by atoms with van der Waals surface area (Å²) in [5.41, 5.74) is 7.71. The van der Waals surface area contributed by atoms with Crippen molar-refractivity contribution in [3.05, 3.63) is 29.8 Å². The molecule has 0 fully saturated rings. The van der Waals surface area contributed by atoms with Gasteiger partial charge in [0.15, 0.2) is 0 Å². The van der Waals surface area contributed by atoms with E-state index >= 15 is 0 Å². The van der Waals surface area contributed by atoms with Crippen LogP contribution in [-0.4, -0.2) is 26.7 Å². The molecular weight excluding hydrogens is 212 g/mol. The summed E-state index contributed by atoms with van der Waals surface area (Å²) in [5.74, 6) is 0.888. The van der Waals surface area contributed by atoms with E-state index in [4.69, 9.17) is 10.5 Å². The van der Waals surface area contributed by atoms with Crippen molar-refractivity contribution in [2.24, 2.45) is 5.73 Å². The predicted octanol–water partition coefficient (Wildman–Crippen LogP) is 2.51. The first kappa shape index (κ1) is 13.6. The molecule has 0 aromatic heterocycles. The van der Waals surface area contributed by atoms with Crippen LogP contribution in [0.1, 0.15) is 19.4 Å². The van der Waals surface area contributed by atoms with E-state index in [0.717, 1.165) is 24.4 Å². The highest BCUT2D eigenvalue weighted by molar-refractivity contribution is 5.63. The van der Waals surface area contributed by atoms with Gasteiger partial charge in [0.05, 0.1) is 7.11 Å². The third kappa shape index (κ3) is 3.49. The van der Waals surface area contributed by atoms with Crippen LogP contribution in [0.15, 0.2) is 24.3 Å². The van der Waals surface area contributed by atoms with Gasteiger partial charge in [-0.1, -0.05) is 12.2 Å². The first-order valence-corrected chi connectivity index (χ1v) is 6.06. The van der Waals surface area contributed by atoms with Gasteiger partial charge in [-0.05, 0) is 26.0 Å². The molecule has 0 aliphatic rings. The van der Waals surface area contributed by atoms with Gasteiger partial charge in [0.25, 0.3) is 0 Å². The van der Waals surface area contributed by atoms with Crippen LogP contribution in [0.5, 0.6) is 5.75 Å². The van der Waals surface area contributed by atoms with E-state index in [1.165, 1.54) is 5.69 Å². The number of nitrogens with zero attached hydrogens (tertiary/aromatic N) is 1. The average Bonchev–Trinajstić information content (AvgIpc) is 2.38. The number of hydrogen-bond donors (Lipinski definition) is 1. The lowest BCUT2D eigenvalue weighted by molar-refractivity contribution is 0.414. The number of hydrogen-bond acceptors (Lipinski definition) is 3. The lowest BCUT2D eigenvalue weighted by Gasteiger charge is -2.22. The number of rotatable bonds is 6. The Kier molecular flexibility index (Phi) is 5.57. The van der Waals surface area contributed by atoms with Crippen LogP contribution in [0.4, 0.5) is 5.69 Å². The van der Waals surface area contributed by atoms with E-state index in [2.05, 4.69) is 36.9 Å². The Labute approximate surface area is 104 Å². The molecule has 0 aliphatic carbocycles. The maximum absolute atomic E-state index is 5.45. The second-order valence-corrected chi connectivity index (χ2v) is 3.74. The summed E-state index contributed by atoms with van der Waals surface area (Å²) in [6.45, 7) is 6.84. The summed E-state index contributed by atoms with van der Waals surface area (Å²) in [6.07, 6.45) is 3.92. The maximum Gasteiger partial charge on any atom is 0.128 e. The molecule has 2 N–H and O–H groups in total. The van der Waals surface area contributed by atoms with Crippen molar-refractivity contribution in [1.29, 1.82) is 0 Å². The van der Waals surface area contributed by atoms with Crippen LogP contribution in [-0.2, 0) is 0 Å². The molecule has 0 aliphatic heterocycles. The molecule has 0 saturated carbocycles. The topological polar surface area (TPSA) is 38.5 Å². The molecule has 1 aromatic rings. The van der Waals surface area contributed by atoms with Crippen molar-refractivity contribution in [1.82, 2.24) is 0 Å². The summed E-state index contributed by atoms with van der Waals surface area (Å²) in [6, 6.07) is 6.26. The molecule has 0 radical (unpaired) electrons. The molecule has 0 bridgehead atoms. The van der Waals surface area contributed by atoms with Gasteiger partial charge in [-0.2, -0.15) is 0 Å². The molecule has 3 nitrogen and oxygen atoms in total. The summed E-state index contributed by atoms with van der Waals surface area (Å²) in [4.78, 5) is 2.29. The van der Waals surface area contributed by atoms with Crippen molar-refractivity contribution in [2.45, 2.75) is 13.8 Å². The molecule has 1 aromatic carbocycles. The van der Waals surface area contributed by atoms with Gasteiger partial charge in [-0.3, -0.25) is 0 Å². The predicted molar refractivity (Wildman–Crippen MR) is 74.6 cm³/mol. The summed E-state index contributed by atoms with van der Waals surface area (Å²) >= 11 is 0. The van der Waals surface area contributed by atoms with Crippen LogP contribution in [0, 0.1) is 0 Å². The highest BCUT2D eigenvalue weighted by Crippen LogP contribution is 2.26. The van der Waals surface area contributed by atoms with Crippen LogP contribution >= 0.6 is 0 Å². The number of nitrogens with two attached hydrogens (primary N) is 1. The third-order valence-corrected chi connectivity index (χ3v) is 2.78. The second kappa shape index (κ2) is 6.97. The number of methoxy groups -OCH3 is 1. The van der Waals surface area contributed by atoms with Gasteiger partial charge in [0.1, 0.15) is 5.75 Å². The molecule has 0 spiro atoms. The monoisotopic (exact) mass is 234 g/mol. The molecular formula is C14H22N2O. The lowest BCUT2D eigenvalue weighted by atomic mass is 10.1. The second-order valence-electron chi connectivity index (χ2n) is 3.74. The lowest BCUT2D eigenvalue weighted by Crippen LogP contribution is -2.21. The SMILES string of the molecule is CCN(CC)c1ccc(/C=C/CN)c(OC)c1. The van der Waals surface area contributed by atoms with E-state index in [1.54, 1.807) is 7.11 Å².